The molecule has 2 saturated heterocycles. The summed E-state index contributed by atoms with van der Waals surface area (Å²) in [6, 6.07) is 10.0. The molecule has 0 bridgehead atoms. The molecule has 3 nitrogen and oxygen atoms in total. The largest absolute Gasteiger partial charge is 0.259 e. The summed E-state index contributed by atoms with van der Waals surface area (Å²) in [5.74, 6) is 0. The summed E-state index contributed by atoms with van der Waals surface area (Å²) in [5.41, 5.74) is 0. The van der Waals surface area contributed by atoms with Gasteiger partial charge in [-0.2, -0.15) is 0 Å². The monoisotopic (exact) mass is 296 g/mol. The first kappa shape index (κ1) is 13.7. The van der Waals surface area contributed by atoms with Gasteiger partial charge in [-0.15, -0.1) is 0 Å². The van der Waals surface area contributed by atoms with Gasteiger partial charge in [0.2, 0.25) is 0 Å². The van der Waals surface area contributed by atoms with Crippen LogP contribution in [0.2, 0.25) is 0 Å². The van der Waals surface area contributed by atoms with E-state index in [1.54, 1.807) is 0 Å². The van der Waals surface area contributed by atoms with Crippen LogP contribution in [0.3, 0.4) is 0 Å². The molecule has 0 aromatic heterocycles. The quantitative estimate of drug-likeness (QED) is 0.797. The van der Waals surface area contributed by atoms with E-state index in [0.29, 0.717) is 0 Å². The third-order valence-electron chi connectivity index (χ3n) is 3.74. The molecular weight excluding hydrogens is 275 g/mol. The van der Waals surface area contributed by atoms with Crippen molar-refractivity contribution < 1.29 is 4.21 Å². The second-order valence-corrected chi connectivity index (χ2v) is 9.72. The topological polar surface area (TPSA) is 23.6 Å². The molecule has 5 heteroatoms. The maximum atomic E-state index is 13.0. The van der Waals surface area contributed by atoms with Crippen molar-refractivity contribution in [2.24, 2.45) is 0 Å². The lowest BCUT2D eigenvalue weighted by Gasteiger charge is -2.33. The average Bonchev–Trinajstić information content (AvgIpc) is 3.13. The van der Waals surface area contributed by atoms with E-state index in [-0.39, 0.29) is 0 Å². The van der Waals surface area contributed by atoms with Crippen molar-refractivity contribution >= 4 is 17.8 Å². The molecule has 19 heavy (non-hydrogen) atoms. The number of rotatable bonds is 4. The van der Waals surface area contributed by atoms with Crippen molar-refractivity contribution in [3.8, 4) is 0 Å². The third kappa shape index (κ3) is 3.08. The van der Waals surface area contributed by atoms with Crippen LogP contribution in [0.5, 0.6) is 0 Å². The average molecular weight is 296 g/mol. The Hall–Kier alpha value is -0.280. The van der Waals surface area contributed by atoms with E-state index < -0.39 is 17.8 Å². The summed E-state index contributed by atoms with van der Waals surface area (Å²) in [7, 11) is -1.55. The Morgan fingerprint density at radius 2 is 1.32 bits per heavy atom. The van der Waals surface area contributed by atoms with Crippen LogP contribution in [0.1, 0.15) is 25.7 Å². The van der Waals surface area contributed by atoms with Crippen molar-refractivity contribution in [2.45, 2.75) is 30.6 Å². The molecule has 2 aliphatic rings. The predicted molar refractivity (Wildman–Crippen MR) is 81.4 cm³/mol. The Labute approximate surface area is 119 Å². The maximum absolute atomic E-state index is 13.0. The first-order valence-corrected chi connectivity index (χ1v) is 10.1. The van der Waals surface area contributed by atoms with Crippen molar-refractivity contribution in [3.63, 3.8) is 0 Å². The zero-order valence-corrected chi connectivity index (χ0v) is 12.9. The zero-order chi connectivity index (χ0) is 13.1. The van der Waals surface area contributed by atoms with E-state index in [1.807, 2.05) is 30.3 Å². The van der Waals surface area contributed by atoms with Gasteiger partial charge in [-0.25, -0.2) is 4.21 Å². The normalized spacial score (nSPS) is 23.2. The Balaban J connectivity index is 1.83. The molecule has 2 fully saturated rings. The Kier molecular flexibility index (Phi) is 4.65. The van der Waals surface area contributed by atoms with Gasteiger partial charge < -0.3 is 0 Å². The molecule has 3 rings (SSSR count). The molecule has 0 saturated carbocycles. The van der Waals surface area contributed by atoms with Crippen molar-refractivity contribution in [1.29, 1.82) is 0 Å². The molecule has 104 valence electrons. The predicted octanol–water partition coefficient (Wildman–Crippen LogP) is 3.21. The van der Waals surface area contributed by atoms with Gasteiger partial charge >= 0.3 is 0 Å². The third-order valence-corrected chi connectivity index (χ3v) is 9.39. The highest BCUT2D eigenvalue weighted by molar-refractivity contribution is 8.44. The molecule has 1 aromatic carbocycles. The Morgan fingerprint density at radius 3 is 1.79 bits per heavy atom. The molecule has 2 heterocycles. The van der Waals surface area contributed by atoms with Crippen LogP contribution in [0.25, 0.3) is 0 Å². The van der Waals surface area contributed by atoms with Gasteiger partial charge in [0.05, 0.1) is 0 Å². The van der Waals surface area contributed by atoms with Gasteiger partial charge in [0.25, 0.3) is 0 Å². The molecule has 2 aliphatic heterocycles. The van der Waals surface area contributed by atoms with Gasteiger partial charge in [0.15, 0.2) is 0 Å². The fourth-order valence-electron chi connectivity index (χ4n) is 2.76. The van der Waals surface area contributed by atoms with E-state index in [4.69, 9.17) is 0 Å². The molecule has 1 aromatic rings. The summed E-state index contributed by atoms with van der Waals surface area (Å²) in [6.07, 6.45) is 5.05. The summed E-state index contributed by atoms with van der Waals surface area (Å²) < 4.78 is 18.0. The summed E-state index contributed by atoms with van der Waals surface area (Å²) in [6.45, 7) is 4.50. The van der Waals surface area contributed by atoms with Crippen LogP contribution in [-0.2, 0) is 10.4 Å². The molecule has 1 atom stereocenters. The van der Waals surface area contributed by atoms with Crippen molar-refractivity contribution in [2.75, 3.05) is 26.2 Å². The smallest absolute Gasteiger partial charge is 0.142 e. The first-order valence-electron chi connectivity index (χ1n) is 7.13. The summed E-state index contributed by atoms with van der Waals surface area (Å²) >= 11 is 0. The molecule has 0 radical (unpaired) electrons. The number of hydrogen-bond donors (Lipinski definition) is 0. The summed E-state index contributed by atoms with van der Waals surface area (Å²) in [4.78, 5) is 0.993. The molecule has 0 spiro atoms. The molecule has 0 N–H and O–H groups in total. The van der Waals surface area contributed by atoms with E-state index >= 15 is 0 Å². The fraction of sp³-hybridized carbons (Fsp3) is 0.571. The van der Waals surface area contributed by atoms with Crippen LogP contribution in [-0.4, -0.2) is 39.7 Å². The van der Waals surface area contributed by atoms with E-state index in [9.17, 15) is 4.21 Å². The highest BCUT2D eigenvalue weighted by Crippen LogP contribution is 2.53. The van der Waals surface area contributed by atoms with E-state index in [1.165, 1.54) is 25.7 Å². The zero-order valence-electron chi connectivity index (χ0n) is 11.2. The number of benzene rings is 1. The standard InChI is InChI=1S/C14H21N2OPS/c17-19(14-8-2-1-3-9-14)18(15-10-4-5-11-15)16-12-6-7-13-16/h1-3,8-9H,4-7,10-13H2. The maximum Gasteiger partial charge on any atom is 0.142 e. The molecule has 0 aliphatic carbocycles. The first-order chi connectivity index (χ1) is 9.36. The van der Waals surface area contributed by atoms with Gasteiger partial charge in [-0.3, -0.25) is 9.34 Å². The van der Waals surface area contributed by atoms with Crippen LogP contribution >= 0.6 is 7.42 Å². The van der Waals surface area contributed by atoms with Crippen LogP contribution in [0, 0.1) is 0 Å². The van der Waals surface area contributed by atoms with Gasteiger partial charge in [-0.05, 0) is 37.8 Å². The van der Waals surface area contributed by atoms with Gasteiger partial charge in [0, 0.05) is 31.1 Å². The van der Waals surface area contributed by atoms with Crippen molar-refractivity contribution in [3.05, 3.63) is 30.3 Å². The SMILES string of the molecule is O=S(c1ccccc1)P(N1CCCC1)N1CCCC1. The van der Waals surface area contributed by atoms with Gasteiger partial charge in [0.1, 0.15) is 17.8 Å². The Morgan fingerprint density at radius 1 is 0.842 bits per heavy atom. The minimum atomic E-state index is -0.884. The lowest BCUT2D eigenvalue weighted by atomic mass is 10.4. The lowest BCUT2D eigenvalue weighted by molar-refractivity contribution is 0.486. The summed E-state index contributed by atoms with van der Waals surface area (Å²) in [5, 5.41) is 0. The highest BCUT2D eigenvalue weighted by atomic mass is 32.7. The highest BCUT2D eigenvalue weighted by Gasteiger charge is 2.34. The minimum absolute atomic E-state index is 0.662. The van der Waals surface area contributed by atoms with Gasteiger partial charge in [-0.1, -0.05) is 18.2 Å². The van der Waals surface area contributed by atoms with E-state index in [2.05, 4.69) is 9.34 Å². The molecular formula is C14H21N2OPS. The number of hydrogen-bond acceptors (Lipinski definition) is 3. The van der Waals surface area contributed by atoms with E-state index in [0.717, 1.165) is 31.1 Å². The van der Waals surface area contributed by atoms with Crippen LogP contribution in [0.4, 0.5) is 0 Å². The Bertz CT molecular complexity index is 414. The molecule has 1 unspecified atom stereocenters. The number of nitrogens with zero attached hydrogens (tertiary/aromatic N) is 2. The molecule has 0 amide bonds. The van der Waals surface area contributed by atoms with Crippen LogP contribution < -0.4 is 0 Å². The lowest BCUT2D eigenvalue weighted by Crippen LogP contribution is -2.27. The fourth-order valence-corrected chi connectivity index (χ4v) is 8.54. The van der Waals surface area contributed by atoms with Crippen LogP contribution in [0.15, 0.2) is 35.2 Å². The second kappa shape index (κ2) is 6.45. The second-order valence-electron chi connectivity index (χ2n) is 5.14. The minimum Gasteiger partial charge on any atom is -0.259 e. The van der Waals surface area contributed by atoms with Crippen molar-refractivity contribution in [1.82, 2.24) is 9.34 Å².